The summed E-state index contributed by atoms with van der Waals surface area (Å²) in [6, 6.07) is 20.4. The SMILES string of the molecule is O=C1CC(Cc2ccccc2)C(=O)N1CN1CCN(Cc2ccccc2)CC1. The molecule has 0 saturated carbocycles. The number of carbonyl (C=O) groups excluding carboxylic acids is 2. The normalized spacial score (nSPS) is 21.4. The van der Waals surface area contributed by atoms with Gasteiger partial charge in [-0.05, 0) is 17.5 Å². The second-order valence-electron chi connectivity index (χ2n) is 7.77. The van der Waals surface area contributed by atoms with E-state index >= 15 is 0 Å². The minimum atomic E-state index is -0.214. The molecule has 2 amide bonds. The zero-order valence-corrected chi connectivity index (χ0v) is 16.2. The molecule has 2 fully saturated rings. The predicted molar refractivity (Wildman–Crippen MR) is 108 cm³/mol. The van der Waals surface area contributed by atoms with E-state index in [-0.39, 0.29) is 17.7 Å². The van der Waals surface area contributed by atoms with Crippen molar-refractivity contribution in [3.63, 3.8) is 0 Å². The van der Waals surface area contributed by atoms with Crippen molar-refractivity contribution in [2.75, 3.05) is 32.8 Å². The number of nitrogens with zero attached hydrogens (tertiary/aromatic N) is 3. The van der Waals surface area contributed by atoms with Gasteiger partial charge in [-0.2, -0.15) is 0 Å². The van der Waals surface area contributed by atoms with Crippen LogP contribution >= 0.6 is 0 Å². The standard InChI is InChI=1S/C23H27N3O2/c27-22-16-21(15-19-7-3-1-4-8-19)23(28)26(22)18-25-13-11-24(12-14-25)17-20-9-5-2-6-10-20/h1-10,21H,11-18H2. The number of hydrogen-bond donors (Lipinski definition) is 0. The lowest BCUT2D eigenvalue weighted by Gasteiger charge is -2.36. The van der Waals surface area contributed by atoms with Crippen LogP contribution in [0.3, 0.4) is 0 Å². The summed E-state index contributed by atoms with van der Waals surface area (Å²) in [5.41, 5.74) is 2.44. The number of hydrogen-bond acceptors (Lipinski definition) is 4. The maximum atomic E-state index is 12.8. The molecule has 0 N–H and O–H groups in total. The number of likely N-dealkylation sites (tertiary alicyclic amines) is 1. The van der Waals surface area contributed by atoms with E-state index in [4.69, 9.17) is 0 Å². The van der Waals surface area contributed by atoms with Gasteiger partial charge in [-0.1, -0.05) is 60.7 Å². The van der Waals surface area contributed by atoms with Crippen molar-refractivity contribution in [3.8, 4) is 0 Å². The van der Waals surface area contributed by atoms with Crippen LogP contribution in [0.1, 0.15) is 17.5 Å². The molecule has 2 heterocycles. The summed E-state index contributed by atoms with van der Waals surface area (Å²) >= 11 is 0. The van der Waals surface area contributed by atoms with E-state index in [1.807, 2.05) is 36.4 Å². The Morgan fingerprint density at radius 1 is 0.750 bits per heavy atom. The van der Waals surface area contributed by atoms with Gasteiger partial charge in [0.25, 0.3) is 0 Å². The summed E-state index contributed by atoms with van der Waals surface area (Å²) < 4.78 is 0. The molecule has 4 rings (SSSR count). The topological polar surface area (TPSA) is 43.9 Å². The minimum absolute atomic E-state index is 0.0134. The number of carbonyl (C=O) groups is 2. The molecule has 0 radical (unpaired) electrons. The van der Waals surface area contributed by atoms with E-state index in [2.05, 4.69) is 34.1 Å². The Bertz CT molecular complexity index is 801. The van der Waals surface area contributed by atoms with Gasteiger partial charge in [-0.15, -0.1) is 0 Å². The minimum Gasteiger partial charge on any atom is -0.297 e. The molecular weight excluding hydrogens is 350 g/mol. The average Bonchev–Trinajstić information content (AvgIpc) is 2.98. The second kappa shape index (κ2) is 8.67. The van der Waals surface area contributed by atoms with Crippen LogP contribution < -0.4 is 0 Å². The molecule has 0 spiro atoms. The fraction of sp³-hybridized carbons (Fsp3) is 0.391. The second-order valence-corrected chi connectivity index (χ2v) is 7.77. The molecule has 28 heavy (non-hydrogen) atoms. The fourth-order valence-corrected chi connectivity index (χ4v) is 4.09. The molecule has 2 aliphatic heterocycles. The fourth-order valence-electron chi connectivity index (χ4n) is 4.09. The summed E-state index contributed by atoms with van der Waals surface area (Å²) in [5.74, 6) is -0.257. The Hall–Kier alpha value is -2.50. The highest BCUT2D eigenvalue weighted by atomic mass is 16.2. The van der Waals surface area contributed by atoms with Gasteiger partial charge in [0.05, 0.1) is 12.6 Å². The smallest absolute Gasteiger partial charge is 0.234 e. The highest BCUT2D eigenvalue weighted by Gasteiger charge is 2.39. The summed E-state index contributed by atoms with van der Waals surface area (Å²) in [4.78, 5) is 31.3. The van der Waals surface area contributed by atoms with Crippen LogP contribution in [0, 0.1) is 5.92 Å². The van der Waals surface area contributed by atoms with Crippen LogP contribution in [0.2, 0.25) is 0 Å². The Morgan fingerprint density at radius 2 is 1.32 bits per heavy atom. The molecule has 0 bridgehead atoms. The third-order valence-corrected chi connectivity index (χ3v) is 5.72. The molecule has 0 aromatic heterocycles. The van der Waals surface area contributed by atoms with E-state index in [1.165, 1.54) is 10.5 Å². The lowest BCUT2D eigenvalue weighted by Crippen LogP contribution is -2.50. The number of benzene rings is 2. The third-order valence-electron chi connectivity index (χ3n) is 5.72. The average molecular weight is 377 g/mol. The first-order valence-corrected chi connectivity index (χ1v) is 10.1. The van der Waals surface area contributed by atoms with E-state index in [1.54, 1.807) is 0 Å². The first kappa shape index (κ1) is 18.8. The van der Waals surface area contributed by atoms with Crippen LogP contribution in [-0.2, 0) is 22.6 Å². The van der Waals surface area contributed by atoms with Crippen LogP contribution in [-0.4, -0.2) is 59.4 Å². The van der Waals surface area contributed by atoms with E-state index in [9.17, 15) is 9.59 Å². The Kier molecular flexibility index (Phi) is 5.84. The van der Waals surface area contributed by atoms with Gasteiger partial charge in [-0.3, -0.25) is 24.3 Å². The van der Waals surface area contributed by atoms with E-state index in [0.717, 1.165) is 38.3 Å². The van der Waals surface area contributed by atoms with Crippen molar-refractivity contribution in [2.24, 2.45) is 5.92 Å². The van der Waals surface area contributed by atoms with E-state index in [0.29, 0.717) is 19.5 Å². The van der Waals surface area contributed by atoms with Crippen molar-refractivity contribution in [3.05, 3.63) is 71.8 Å². The predicted octanol–water partition coefficient (Wildman–Crippen LogP) is 2.38. The Morgan fingerprint density at radius 3 is 1.96 bits per heavy atom. The van der Waals surface area contributed by atoms with Crippen molar-refractivity contribution in [2.45, 2.75) is 19.4 Å². The Balaban J connectivity index is 1.27. The van der Waals surface area contributed by atoms with Crippen molar-refractivity contribution < 1.29 is 9.59 Å². The Labute approximate surface area is 166 Å². The van der Waals surface area contributed by atoms with Gasteiger partial charge in [0, 0.05) is 39.1 Å². The maximum absolute atomic E-state index is 12.8. The van der Waals surface area contributed by atoms with Crippen molar-refractivity contribution in [1.82, 2.24) is 14.7 Å². The van der Waals surface area contributed by atoms with Gasteiger partial charge in [0.15, 0.2) is 0 Å². The lowest BCUT2D eigenvalue weighted by atomic mass is 9.98. The number of imide groups is 1. The summed E-state index contributed by atoms with van der Waals surface area (Å²) in [7, 11) is 0. The van der Waals surface area contributed by atoms with Crippen LogP contribution in [0.5, 0.6) is 0 Å². The monoisotopic (exact) mass is 377 g/mol. The molecule has 1 unspecified atom stereocenters. The number of rotatable bonds is 6. The molecule has 1 atom stereocenters. The largest absolute Gasteiger partial charge is 0.297 e. The van der Waals surface area contributed by atoms with Gasteiger partial charge in [-0.25, -0.2) is 0 Å². The zero-order valence-electron chi connectivity index (χ0n) is 16.2. The van der Waals surface area contributed by atoms with Crippen molar-refractivity contribution in [1.29, 1.82) is 0 Å². The van der Waals surface area contributed by atoms with Gasteiger partial charge < -0.3 is 0 Å². The molecule has 2 aliphatic rings. The van der Waals surface area contributed by atoms with Crippen LogP contribution in [0.25, 0.3) is 0 Å². The molecule has 0 aliphatic carbocycles. The summed E-state index contributed by atoms with van der Waals surface area (Å²) in [6.45, 7) is 5.06. The van der Waals surface area contributed by atoms with Gasteiger partial charge >= 0.3 is 0 Å². The van der Waals surface area contributed by atoms with E-state index < -0.39 is 0 Å². The number of piperazine rings is 1. The third kappa shape index (κ3) is 4.49. The van der Waals surface area contributed by atoms with Gasteiger partial charge in [0.1, 0.15) is 0 Å². The summed E-state index contributed by atoms with van der Waals surface area (Å²) in [5, 5.41) is 0. The molecule has 5 nitrogen and oxygen atoms in total. The van der Waals surface area contributed by atoms with Crippen molar-refractivity contribution >= 4 is 11.8 Å². The van der Waals surface area contributed by atoms with Crippen LogP contribution in [0.15, 0.2) is 60.7 Å². The maximum Gasteiger partial charge on any atom is 0.234 e. The lowest BCUT2D eigenvalue weighted by molar-refractivity contribution is -0.142. The molecule has 2 aromatic rings. The van der Waals surface area contributed by atoms with Gasteiger partial charge in [0.2, 0.25) is 11.8 Å². The first-order chi connectivity index (χ1) is 13.7. The van der Waals surface area contributed by atoms with Crippen LogP contribution in [0.4, 0.5) is 0 Å². The molecule has 2 saturated heterocycles. The highest BCUT2D eigenvalue weighted by molar-refractivity contribution is 6.03. The molecular formula is C23H27N3O2. The quantitative estimate of drug-likeness (QED) is 0.725. The zero-order chi connectivity index (χ0) is 19.3. The molecule has 2 aromatic carbocycles. The molecule has 5 heteroatoms. The molecule has 146 valence electrons. The number of amides is 2. The highest BCUT2D eigenvalue weighted by Crippen LogP contribution is 2.24. The summed E-state index contributed by atoms with van der Waals surface area (Å²) in [6.07, 6.45) is 0.981. The first-order valence-electron chi connectivity index (χ1n) is 10.1.